The number of ether oxygens (including phenoxy) is 1. The molecule has 1 N–H and O–H groups in total. The van der Waals surface area contributed by atoms with Crippen LogP contribution in [0, 0.1) is 17.6 Å². The lowest BCUT2D eigenvalue weighted by Crippen LogP contribution is -2.35. The zero-order valence-electron chi connectivity index (χ0n) is 15.5. The number of halogens is 3. The molecule has 1 aliphatic rings. The topological polar surface area (TPSA) is 72.5 Å². The minimum atomic E-state index is -3.71. The van der Waals surface area contributed by atoms with Crippen LogP contribution in [0.4, 0.5) is 8.78 Å². The Morgan fingerprint density at radius 2 is 1.86 bits per heavy atom. The first-order valence-electron chi connectivity index (χ1n) is 9.08. The number of carbonyl (C=O) groups is 1. The summed E-state index contributed by atoms with van der Waals surface area (Å²) in [5.74, 6) is -2.36. The summed E-state index contributed by atoms with van der Waals surface area (Å²) in [7, 11) is -3.71. The largest absolute Gasteiger partial charge is 0.381 e. The van der Waals surface area contributed by atoms with E-state index in [1.54, 1.807) is 6.07 Å². The average molecular weight is 444 g/mol. The van der Waals surface area contributed by atoms with Gasteiger partial charge in [0, 0.05) is 13.2 Å². The highest BCUT2D eigenvalue weighted by atomic mass is 35.5. The monoisotopic (exact) mass is 443 g/mol. The highest BCUT2D eigenvalue weighted by molar-refractivity contribution is 7.89. The highest BCUT2D eigenvalue weighted by Gasteiger charge is 2.23. The predicted octanol–water partition coefficient (Wildman–Crippen LogP) is 3.81. The van der Waals surface area contributed by atoms with Crippen LogP contribution in [0.3, 0.4) is 0 Å². The molecule has 2 aromatic rings. The molecule has 29 heavy (non-hydrogen) atoms. The molecule has 1 saturated heterocycles. The first kappa shape index (κ1) is 21.8. The highest BCUT2D eigenvalue weighted by Crippen LogP contribution is 2.28. The smallest absolute Gasteiger partial charge is 0.212 e. The van der Waals surface area contributed by atoms with E-state index >= 15 is 0 Å². The van der Waals surface area contributed by atoms with Crippen LogP contribution in [0.15, 0.2) is 36.4 Å². The minimum absolute atomic E-state index is 0.0427. The van der Waals surface area contributed by atoms with Crippen LogP contribution in [0.5, 0.6) is 0 Å². The van der Waals surface area contributed by atoms with Gasteiger partial charge in [0.1, 0.15) is 5.82 Å². The van der Waals surface area contributed by atoms with Gasteiger partial charge < -0.3 is 4.74 Å². The molecule has 0 amide bonds. The van der Waals surface area contributed by atoms with Crippen molar-refractivity contribution in [2.45, 2.75) is 12.8 Å². The summed E-state index contributed by atoms with van der Waals surface area (Å²) in [6.45, 7) is 0.427. The van der Waals surface area contributed by atoms with Gasteiger partial charge in [-0.1, -0.05) is 23.7 Å². The van der Waals surface area contributed by atoms with E-state index in [-0.39, 0.29) is 22.3 Å². The number of carbonyl (C=O) groups excluding carboxylic acids is 1. The maximum absolute atomic E-state index is 14.4. The molecular weight excluding hydrogens is 424 g/mol. The molecule has 0 bridgehead atoms. The maximum atomic E-state index is 14.4. The Balaban J connectivity index is 1.74. The van der Waals surface area contributed by atoms with Crippen LogP contribution in [-0.4, -0.2) is 39.7 Å². The summed E-state index contributed by atoms with van der Waals surface area (Å²) in [5, 5.41) is -0.305. The molecule has 0 saturated carbocycles. The van der Waals surface area contributed by atoms with Crippen LogP contribution in [0.25, 0.3) is 11.1 Å². The third-order valence-electron chi connectivity index (χ3n) is 4.74. The van der Waals surface area contributed by atoms with Gasteiger partial charge in [-0.15, -0.1) is 0 Å². The van der Waals surface area contributed by atoms with Crippen molar-refractivity contribution < 1.29 is 26.7 Å². The Morgan fingerprint density at radius 3 is 2.55 bits per heavy atom. The Hall–Kier alpha value is -1.87. The molecule has 3 rings (SSSR count). The number of ketones is 1. The molecule has 0 unspecified atom stereocenters. The number of hydrogen-bond donors (Lipinski definition) is 1. The Bertz CT molecular complexity index is 1010. The van der Waals surface area contributed by atoms with Crippen LogP contribution >= 0.6 is 11.6 Å². The van der Waals surface area contributed by atoms with Gasteiger partial charge in [0.05, 0.1) is 22.9 Å². The molecule has 0 atom stereocenters. The summed E-state index contributed by atoms with van der Waals surface area (Å²) in [5.41, 5.74) is 0.413. The summed E-state index contributed by atoms with van der Waals surface area (Å²) in [6, 6.07) is 8.09. The molecular formula is C20H20ClF2NO4S. The van der Waals surface area contributed by atoms with E-state index in [1.165, 1.54) is 30.3 Å². The zero-order valence-corrected chi connectivity index (χ0v) is 17.0. The fourth-order valence-corrected chi connectivity index (χ4v) is 4.82. The van der Waals surface area contributed by atoms with Crippen molar-refractivity contribution in [2.75, 3.05) is 25.5 Å². The fraction of sp³-hybridized carbons (Fsp3) is 0.350. The number of rotatable bonds is 7. The van der Waals surface area contributed by atoms with Crippen LogP contribution in [0.2, 0.25) is 5.02 Å². The van der Waals surface area contributed by atoms with Crippen LogP contribution in [-0.2, 0) is 14.8 Å². The summed E-state index contributed by atoms with van der Waals surface area (Å²) in [6.07, 6.45) is 1.27. The summed E-state index contributed by atoms with van der Waals surface area (Å²) >= 11 is 5.90. The molecule has 1 heterocycles. The normalized spacial score (nSPS) is 15.4. The fourth-order valence-electron chi connectivity index (χ4n) is 3.18. The van der Waals surface area contributed by atoms with Gasteiger partial charge in [0.15, 0.2) is 11.6 Å². The number of hydrogen-bond acceptors (Lipinski definition) is 4. The van der Waals surface area contributed by atoms with Gasteiger partial charge in [-0.05, 0) is 54.2 Å². The van der Waals surface area contributed by atoms with Gasteiger partial charge in [-0.3, -0.25) is 4.79 Å². The number of benzene rings is 2. The van der Waals surface area contributed by atoms with E-state index < -0.39 is 34.0 Å². The summed E-state index contributed by atoms with van der Waals surface area (Å²) in [4.78, 5) is 12.5. The van der Waals surface area contributed by atoms with Crippen LogP contribution in [0.1, 0.15) is 23.2 Å². The van der Waals surface area contributed by atoms with Crippen molar-refractivity contribution in [1.82, 2.24) is 4.72 Å². The van der Waals surface area contributed by atoms with E-state index in [2.05, 4.69) is 4.72 Å². The number of Topliss-reactive ketones (excluding diaryl/α,β-unsaturated/α-hetero) is 1. The molecule has 0 aromatic heterocycles. The van der Waals surface area contributed by atoms with Crippen molar-refractivity contribution >= 4 is 27.4 Å². The lowest BCUT2D eigenvalue weighted by Gasteiger charge is -2.21. The van der Waals surface area contributed by atoms with Gasteiger partial charge in [0.2, 0.25) is 10.0 Å². The lowest BCUT2D eigenvalue weighted by molar-refractivity contribution is 0.0722. The van der Waals surface area contributed by atoms with E-state index in [0.717, 1.165) is 0 Å². The van der Waals surface area contributed by atoms with Crippen molar-refractivity contribution in [3.05, 3.63) is 58.6 Å². The first-order valence-corrected chi connectivity index (χ1v) is 11.1. The SMILES string of the molecule is O=C(CNS(=O)(=O)CC1CCOCC1)c1cc(-c2cccc(F)c2)cc(Cl)c1F. The molecule has 156 valence electrons. The Morgan fingerprint density at radius 1 is 1.14 bits per heavy atom. The molecule has 5 nitrogen and oxygen atoms in total. The standard InChI is InChI=1S/C20H20ClF2NO4S/c21-18-10-15(14-2-1-3-16(22)8-14)9-17(20(18)23)19(25)11-24-29(26,27)12-13-4-6-28-7-5-13/h1-3,8-10,13,24H,4-7,11-12H2. The zero-order chi connectivity index (χ0) is 21.0. The van der Waals surface area contributed by atoms with Crippen molar-refractivity contribution in [2.24, 2.45) is 5.92 Å². The van der Waals surface area contributed by atoms with Gasteiger partial charge >= 0.3 is 0 Å². The van der Waals surface area contributed by atoms with Gasteiger partial charge in [0.25, 0.3) is 0 Å². The van der Waals surface area contributed by atoms with E-state index in [4.69, 9.17) is 16.3 Å². The van der Waals surface area contributed by atoms with Crippen LogP contribution < -0.4 is 4.72 Å². The first-order chi connectivity index (χ1) is 13.7. The van der Waals surface area contributed by atoms with E-state index in [9.17, 15) is 22.0 Å². The number of nitrogens with one attached hydrogen (secondary N) is 1. The van der Waals surface area contributed by atoms with Crippen molar-refractivity contribution in [3.8, 4) is 11.1 Å². The molecule has 0 aliphatic carbocycles. The lowest BCUT2D eigenvalue weighted by atomic mass is 10.0. The number of sulfonamides is 1. The second kappa shape index (κ2) is 9.30. The molecule has 1 fully saturated rings. The third kappa shape index (κ3) is 5.82. The van der Waals surface area contributed by atoms with E-state index in [0.29, 0.717) is 37.2 Å². The minimum Gasteiger partial charge on any atom is -0.381 e. The molecule has 0 radical (unpaired) electrons. The predicted molar refractivity (Wildman–Crippen MR) is 106 cm³/mol. The second-order valence-corrected chi connectivity index (χ2v) is 9.17. The molecule has 0 spiro atoms. The van der Waals surface area contributed by atoms with Crippen molar-refractivity contribution in [1.29, 1.82) is 0 Å². The summed E-state index contributed by atoms with van der Waals surface area (Å²) < 4.78 is 59.8. The van der Waals surface area contributed by atoms with Gasteiger partial charge in [-0.25, -0.2) is 21.9 Å². The van der Waals surface area contributed by atoms with Gasteiger partial charge in [-0.2, -0.15) is 0 Å². The average Bonchev–Trinajstić information content (AvgIpc) is 2.68. The molecule has 9 heteroatoms. The maximum Gasteiger partial charge on any atom is 0.212 e. The second-order valence-electron chi connectivity index (χ2n) is 6.91. The Labute approximate surface area is 173 Å². The molecule has 1 aliphatic heterocycles. The van der Waals surface area contributed by atoms with Crippen molar-refractivity contribution in [3.63, 3.8) is 0 Å². The quantitative estimate of drug-likeness (QED) is 0.660. The van der Waals surface area contributed by atoms with E-state index in [1.807, 2.05) is 0 Å². The third-order valence-corrected chi connectivity index (χ3v) is 6.50. The Kier molecular flexibility index (Phi) is 7.00. The molecule has 2 aromatic carbocycles.